The Labute approximate surface area is 156 Å². The van der Waals surface area contributed by atoms with Gasteiger partial charge >= 0.3 is 0 Å². The molecule has 1 saturated carbocycles. The summed E-state index contributed by atoms with van der Waals surface area (Å²) in [6, 6.07) is 8.39. The Kier molecular flexibility index (Phi) is 6.53. The first-order valence-electron chi connectivity index (χ1n) is 9.87. The Morgan fingerprint density at radius 3 is 2.62 bits per heavy atom. The topological polar surface area (TPSA) is 58.6 Å². The number of carbonyl (C=O) groups is 2. The molecule has 1 aliphatic carbocycles. The molecule has 0 aromatic heterocycles. The van der Waals surface area contributed by atoms with Crippen molar-refractivity contribution >= 4 is 11.8 Å². The molecule has 1 aromatic carbocycles. The van der Waals surface area contributed by atoms with Crippen molar-refractivity contribution in [2.24, 2.45) is 5.92 Å². The molecule has 3 rings (SSSR count). The highest BCUT2D eigenvalue weighted by Gasteiger charge is 2.37. The largest absolute Gasteiger partial charge is 0.497 e. The summed E-state index contributed by atoms with van der Waals surface area (Å²) < 4.78 is 5.16. The van der Waals surface area contributed by atoms with Crippen LogP contribution in [0.5, 0.6) is 5.75 Å². The number of ether oxygens (including phenoxy) is 1. The number of nitrogens with zero attached hydrogens (tertiary/aromatic N) is 1. The van der Waals surface area contributed by atoms with E-state index in [1.807, 2.05) is 17.0 Å². The van der Waals surface area contributed by atoms with Gasteiger partial charge in [-0.05, 0) is 43.4 Å². The number of rotatable bonds is 7. The summed E-state index contributed by atoms with van der Waals surface area (Å²) in [6.07, 6.45) is 8.07. The molecule has 5 heteroatoms. The Balaban J connectivity index is 1.38. The molecular formula is C21H30N2O3. The molecule has 2 fully saturated rings. The van der Waals surface area contributed by atoms with Gasteiger partial charge in [-0.1, -0.05) is 31.4 Å². The third kappa shape index (κ3) is 4.77. The SMILES string of the molecule is COc1ccc(CCCNC(=O)C2CC(=O)N(C3CCCCC3)C2)cc1. The zero-order valence-corrected chi connectivity index (χ0v) is 15.7. The van der Waals surface area contributed by atoms with E-state index in [1.54, 1.807) is 7.11 Å². The molecule has 0 radical (unpaired) electrons. The van der Waals surface area contributed by atoms with Crippen molar-refractivity contribution < 1.29 is 14.3 Å². The van der Waals surface area contributed by atoms with E-state index in [0.717, 1.165) is 31.4 Å². The molecule has 5 nitrogen and oxygen atoms in total. The molecule has 0 spiro atoms. The van der Waals surface area contributed by atoms with Crippen molar-refractivity contribution in [3.63, 3.8) is 0 Å². The number of hydrogen-bond acceptors (Lipinski definition) is 3. The predicted octanol–water partition coefficient (Wildman–Crippen LogP) is 2.93. The minimum atomic E-state index is -0.176. The van der Waals surface area contributed by atoms with Gasteiger partial charge in [0.15, 0.2) is 0 Å². The first-order valence-corrected chi connectivity index (χ1v) is 9.87. The first kappa shape index (κ1) is 18.7. The molecule has 1 N–H and O–H groups in total. The molecule has 2 amide bonds. The van der Waals surface area contributed by atoms with Crippen LogP contribution >= 0.6 is 0 Å². The number of nitrogens with one attached hydrogen (secondary N) is 1. The summed E-state index contributed by atoms with van der Waals surface area (Å²) in [5.74, 6) is 0.877. The first-order chi connectivity index (χ1) is 12.7. The smallest absolute Gasteiger partial charge is 0.225 e. The Bertz CT molecular complexity index is 608. The molecule has 0 bridgehead atoms. The number of amides is 2. The van der Waals surface area contributed by atoms with Crippen molar-refractivity contribution in [1.82, 2.24) is 10.2 Å². The molecule has 142 valence electrons. The van der Waals surface area contributed by atoms with Gasteiger partial charge < -0.3 is 15.0 Å². The number of aryl methyl sites for hydroxylation is 1. The van der Waals surface area contributed by atoms with E-state index in [0.29, 0.717) is 25.6 Å². The second-order valence-electron chi connectivity index (χ2n) is 7.48. The highest BCUT2D eigenvalue weighted by molar-refractivity contribution is 5.89. The zero-order valence-electron chi connectivity index (χ0n) is 15.7. The van der Waals surface area contributed by atoms with Crippen LogP contribution in [0.4, 0.5) is 0 Å². The Morgan fingerprint density at radius 1 is 1.19 bits per heavy atom. The van der Waals surface area contributed by atoms with Gasteiger partial charge in [0.25, 0.3) is 0 Å². The minimum absolute atomic E-state index is 0.0337. The maximum Gasteiger partial charge on any atom is 0.225 e. The maximum atomic E-state index is 12.4. The number of methoxy groups -OCH3 is 1. The van der Waals surface area contributed by atoms with Crippen LogP contribution < -0.4 is 10.1 Å². The van der Waals surface area contributed by atoms with Crippen molar-refractivity contribution in [2.45, 2.75) is 57.4 Å². The average Bonchev–Trinajstić information content (AvgIpc) is 3.08. The molecule has 1 unspecified atom stereocenters. The van der Waals surface area contributed by atoms with Crippen LogP contribution in [0.15, 0.2) is 24.3 Å². The van der Waals surface area contributed by atoms with Crippen molar-refractivity contribution in [1.29, 1.82) is 0 Å². The number of hydrogen-bond donors (Lipinski definition) is 1. The fourth-order valence-electron chi connectivity index (χ4n) is 4.09. The maximum absolute atomic E-state index is 12.4. The summed E-state index contributed by atoms with van der Waals surface area (Å²) in [6.45, 7) is 1.26. The van der Waals surface area contributed by atoms with Crippen LogP contribution in [0.25, 0.3) is 0 Å². The van der Waals surface area contributed by atoms with Crippen LogP contribution in [0, 0.1) is 5.92 Å². The third-order valence-electron chi connectivity index (χ3n) is 5.65. The lowest BCUT2D eigenvalue weighted by molar-refractivity contribution is -0.130. The molecule has 1 aromatic rings. The number of carbonyl (C=O) groups excluding carboxylic acids is 2. The summed E-state index contributed by atoms with van der Waals surface area (Å²) in [5.41, 5.74) is 1.24. The van der Waals surface area contributed by atoms with Crippen LogP contribution in [-0.4, -0.2) is 43.0 Å². The fraction of sp³-hybridized carbons (Fsp3) is 0.619. The standard InChI is InChI=1S/C21H30N2O3/c1-26-19-11-9-16(10-12-19)6-5-13-22-21(25)17-14-20(24)23(15-17)18-7-3-2-4-8-18/h9-12,17-18H,2-8,13-15H2,1H3,(H,22,25). The van der Waals surface area contributed by atoms with Gasteiger partial charge in [-0.25, -0.2) is 0 Å². The second-order valence-corrected chi connectivity index (χ2v) is 7.48. The van der Waals surface area contributed by atoms with Gasteiger partial charge in [-0.3, -0.25) is 9.59 Å². The molecule has 26 heavy (non-hydrogen) atoms. The summed E-state index contributed by atoms with van der Waals surface area (Å²) in [5, 5.41) is 3.02. The lowest BCUT2D eigenvalue weighted by Gasteiger charge is -2.31. The van der Waals surface area contributed by atoms with Crippen LogP contribution in [0.3, 0.4) is 0 Å². The van der Waals surface area contributed by atoms with E-state index in [2.05, 4.69) is 17.4 Å². The second kappa shape index (κ2) is 9.06. The highest BCUT2D eigenvalue weighted by atomic mass is 16.5. The Morgan fingerprint density at radius 2 is 1.92 bits per heavy atom. The molecule has 1 heterocycles. The van der Waals surface area contributed by atoms with E-state index >= 15 is 0 Å². The van der Waals surface area contributed by atoms with Crippen LogP contribution in [-0.2, 0) is 16.0 Å². The summed E-state index contributed by atoms with van der Waals surface area (Å²) >= 11 is 0. The van der Waals surface area contributed by atoms with Crippen LogP contribution in [0.1, 0.15) is 50.5 Å². The number of benzene rings is 1. The molecule has 1 aliphatic heterocycles. The molecule has 1 saturated heterocycles. The zero-order chi connectivity index (χ0) is 18.4. The summed E-state index contributed by atoms with van der Waals surface area (Å²) in [7, 11) is 1.66. The van der Waals surface area contributed by atoms with Gasteiger partial charge in [0, 0.05) is 25.6 Å². The van der Waals surface area contributed by atoms with E-state index < -0.39 is 0 Å². The third-order valence-corrected chi connectivity index (χ3v) is 5.65. The predicted molar refractivity (Wildman–Crippen MR) is 101 cm³/mol. The lowest BCUT2D eigenvalue weighted by Crippen LogP contribution is -2.39. The van der Waals surface area contributed by atoms with Crippen molar-refractivity contribution in [2.75, 3.05) is 20.2 Å². The average molecular weight is 358 g/mol. The van der Waals surface area contributed by atoms with Gasteiger partial charge in [0.05, 0.1) is 13.0 Å². The normalized spacial score (nSPS) is 21.0. The van der Waals surface area contributed by atoms with Gasteiger partial charge in [-0.2, -0.15) is 0 Å². The van der Waals surface area contributed by atoms with Gasteiger partial charge in [0.1, 0.15) is 5.75 Å². The van der Waals surface area contributed by atoms with E-state index in [1.165, 1.54) is 24.8 Å². The minimum Gasteiger partial charge on any atom is -0.497 e. The monoisotopic (exact) mass is 358 g/mol. The van der Waals surface area contributed by atoms with E-state index in [9.17, 15) is 9.59 Å². The summed E-state index contributed by atoms with van der Waals surface area (Å²) in [4.78, 5) is 26.7. The molecule has 1 atom stereocenters. The van der Waals surface area contributed by atoms with Crippen molar-refractivity contribution in [3.05, 3.63) is 29.8 Å². The van der Waals surface area contributed by atoms with Gasteiger partial charge in [0.2, 0.25) is 11.8 Å². The lowest BCUT2D eigenvalue weighted by atomic mass is 9.94. The van der Waals surface area contributed by atoms with E-state index in [-0.39, 0.29) is 17.7 Å². The molecule has 2 aliphatic rings. The van der Waals surface area contributed by atoms with Crippen LogP contribution in [0.2, 0.25) is 0 Å². The quantitative estimate of drug-likeness (QED) is 0.763. The van der Waals surface area contributed by atoms with Gasteiger partial charge in [-0.15, -0.1) is 0 Å². The molecular weight excluding hydrogens is 328 g/mol. The Hall–Kier alpha value is -2.04. The number of likely N-dealkylation sites (tertiary alicyclic amines) is 1. The fourth-order valence-corrected chi connectivity index (χ4v) is 4.09. The van der Waals surface area contributed by atoms with Crippen molar-refractivity contribution in [3.8, 4) is 5.75 Å². The highest BCUT2D eigenvalue weighted by Crippen LogP contribution is 2.28. The van der Waals surface area contributed by atoms with E-state index in [4.69, 9.17) is 4.74 Å².